The summed E-state index contributed by atoms with van der Waals surface area (Å²) in [5.74, 6) is 0. The van der Waals surface area contributed by atoms with Gasteiger partial charge in [-0.3, -0.25) is 4.57 Å². The minimum Gasteiger partial charge on any atom is -0.396 e. The van der Waals surface area contributed by atoms with Crippen molar-refractivity contribution in [3.8, 4) is 5.69 Å². The molecule has 5 nitrogen and oxygen atoms in total. The topological polar surface area (TPSA) is 63.0 Å². The molecule has 0 aliphatic carbocycles. The van der Waals surface area contributed by atoms with E-state index in [9.17, 15) is 5.11 Å². The highest BCUT2D eigenvalue weighted by atomic mass is 16.3. The average Bonchev–Trinajstić information content (AvgIpc) is 2.91. The standard InChI is InChI=1S/C13H18N4O/c1-13(2,8-18)7-14-11-4-3-5-12(6-11)17-9-15-16-10-17/h3-6,9-10,14,18H,7-8H2,1-2H3. The molecule has 0 radical (unpaired) electrons. The smallest absolute Gasteiger partial charge is 0.123 e. The number of hydrogen-bond acceptors (Lipinski definition) is 4. The second-order valence-electron chi connectivity index (χ2n) is 5.10. The fourth-order valence-corrected chi connectivity index (χ4v) is 1.51. The minimum absolute atomic E-state index is 0.132. The third kappa shape index (κ3) is 3.07. The lowest BCUT2D eigenvalue weighted by Crippen LogP contribution is -2.26. The molecule has 18 heavy (non-hydrogen) atoms. The largest absolute Gasteiger partial charge is 0.396 e. The summed E-state index contributed by atoms with van der Waals surface area (Å²) in [7, 11) is 0. The molecule has 96 valence electrons. The molecule has 0 spiro atoms. The van der Waals surface area contributed by atoms with Crippen LogP contribution in [0.15, 0.2) is 36.9 Å². The van der Waals surface area contributed by atoms with Crippen LogP contribution in [0.2, 0.25) is 0 Å². The first kappa shape index (κ1) is 12.6. The lowest BCUT2D eigenvalue weighted by Gasteiger charge is -2.22. The van der Waals surface area contributed by atoms with Gasteiger partial charge in [0.15, 0.2) is 0 Å². The molecule has 5 heteroatoms. The van der Waals surface area contributed by atoms with Crippen molar-refractivity contribution in [3.63, 3.8) is 0 Å². The van der Waals surface area contributed by atoms with Gasteiger partial charge in [-0.15, -0.1) is 10.2 Å². The number of anilines is 1. The second kappa shape index (κ2) is 5.18. The molecule has 0 aliphatic rings. The van der Waals surface area contributed by atoms with Crippen LogP contribution in [-0.2, 0) is 0 Å². The van der Waals surface area contributed by atoms with Crippen molar-refractivity contribution >= 4 is 5.69 Å². The lowest BCUT2D eigenvalue weighted by atomic mass is 9.95. The number of aromatic nitrogens is 3. The molecule has 0 fully saturated rings. The van der Waals surface area contributed by atoms with Gasteiger partial charge in [-0.25, -0.2) is 0 Å². The normalized spacial score (nSPS) is 11.5. The van der Waals surface area contributed by atoms with E-state index in [0.29, 0.717) is 0 Å². The molecule has 0 unspecified atom stereocenters. The van der Waals surface area contributed by atoms with E-state index in [1.165, 1.54) is 0 Å². The fraction of sp³-hybridized carbons (Fsp3) is 0.385. The van der Waals surface area contributed by atoms with Crippen LogP contribution in [0.1, 0.15) is 13.8 Å². The Morgan fingerprint density at radius 2 is 2.00 bits per heavy atom. The van der Waals surface area contributed by atoms with Crippen molar-refractivity contribution in [2.24, 2.45) is 5.41 Å². The highest BCUT2D eigenvalue weighted by Crippen LogP contribution is 2.18. The molecule has 0 aliphatic heterocycles. The number of aliphatic hydroxyl groups excluding tert-OH is 1. The van der Waals surface area contributed by atoms with Crippen LogP contribution in [0.4, 0.5) is 5.69 Å². The first-order valence-corrected chi connectivity index (χ1v) is 5.90. The maximum Gasteiger partial charge on any atom is 0.123 e. The van der Waals surface area contributed by atoms with E-state index >= 15 is 0 Å². The summed E-state index contributed by atoms with van der Waals surface area (Å²) in [6.45, 7) is 4.91. The molecule has 0 saturated heterocycles. The Hall–Kier alpha value is -1.88. The van der Waals surface area contributed by atoms with Gasteiger partial charge in [0.05, 0.1) is 5.69 Å². The molecule has 0 bridgehead atoms. The summed E-state index contributed by atoms with van der Waals surface area (Å²) in [5, 5.41) is 20.1. The number of aliphatic hydroxyl groups is 1. The van der Waals surface area contributed by atoms with Crippen LogP contribution in [0, 0.1) is 5.41 Å². The second-order valence-corrected chi connectivity index (χ2v) is 5.10. The van der Waals surface area contributed by atoms with Gasteiger partial charge in [0.25, 0.3) is 0 Å². The van der Waals surface area contributed by atoms with E-state index < -0.39 is 0 Å². The third-order valence-electron chi connectivity index (χ3n) is 2.76. The molecule has 0 atom stereocenters. The van der Waals surface area contributed by atoms with Gasteiger partial charge in [0.2, 0.25) is 0 Å². The minimum atomic E-state index is -0.132. The van der Waals surface area contributed by atoms with Crippen LogP contribution in [-0.4, -0.2) is 33.0 Å². The first-order valence-electron chi connectivity index (χ1n) is 5.90. The zero-order chi connectivity index (χ0) is 13.0. The Kier molecular flexibility index (Phi) is 3.62. The van der Waals surface area contributed by atoms with Crippen LogP contribution >= 0.6 is 0 Å². The van der Waals surface area contributed by atoms with Gasteiger partial charge in [0.1, 0.15) is 12.7 Å². The van der Waals surface area contributed by atoms with Crippen molar-refractivity contribution in [2.45, 2.75) is 13.8 Å². The van der Waals surface area contributed by atoms with E-state index in [0.717, 1.165) is 17.9 Å². The molecule has 1 heterocycles. The van der Waals surface area contributed by atoms with Gasteiger partial charge in [-0.2, -0.15) is 0 Å². The van der Waals surface area contributed by atoms with Crippen LogP contribution in [0.3, 0.4) is 0 Å². The average molecular weight is 246 g/mol. The zero-order valence-corrected chi connectivity index (χ0v) is 10.7. The van der Waals surface area contributed by atoms with Crippen molar-refractivity contribution in [1.29, 1.82) is 0 Å². The summed E-state index contributed by atoms with van der Waals surface area (Å²) >= 11 is 0. The maximum atomic E-state index is 9.22. The molecule has 2 aromatic rings. The highest BCUT2D eigenvalue weighted by Gasteiger charge is 2.15. The van der Waals surface area contributed by atoms with E-state index in [-0.39, 0.29) is 12.0 Å². The van der Waals surface area contributed by atoms with Crippen molar-refractivity contribution in [3.05, 3.63) is 36.9 Å². The number of nitrogens with one attached hydrogen (secondary N) is 1. The lowest BCUT2D eigenvalue weighted by molar-refractivity contribution is 0.171. The van der Waals surface area contributed by atoms with Gasteiger partial charge in [-0.1, -0.05) is 19.9 Å². The number of hydrogen-bond donors (Lipinski definition) is 2. The highest BCUT2D eigenvalue weighted by molar-refractivity contribution is 5.51. The molecule has 0 saturated carbocycles. The van der Waals surface area contributed by atoms with Crippen LogP contribution < -0.4 is 5.32 Å². The van der Waals surface area contributed by atoms with Gasteiger partial charge in [-0.05, 0) is 18.2 Å². The summed E-state index contributed by atoms with van der Waals surface area (Å²) in [6, 6.07) is 7.99. The van der Waals surface area contributed by atoms with E-state index in [2.05, 4.69) is 15.5 Å². The quantitative estimate of drug-likeness (QED) is 0.843. The predicted octanol–water partition coefficient (Wildman–Crippen LogP) is 1.70. The number of nitrogens with zero attached hydrogens (tertiary/aromatic N) is 3. The van der Waals surface area contributed by atoms with Gasteiger partial charge >= 0.3 is 0 Å². The Morgan fingerprint density at radius 1 is 1.28 bits per heavy atom. The van der Waals surface area contributed by atoms with Crippen LogP contribution in [0.25, 0.3) is 5.69 Å². The van der Waals surface area contributed by atoms with Crippen molar-refractivity contribution in [1.82, 2.24) is 14.8 Å². The third-order valence-corrected chi connectivity index (χ3v) is 2.76. The maximum absolute atomic E-state index is 9.22. The molecule has 2 N–H and O–H groups in total. The Morgan fingerprint density at radius 3 is 2.67 bits per heavy atom. The Balaban J connectivity index is 2.09. The Bertz CT molecular complexity index is 493. The molecule has 0 amide bonds. The van der Waals surface area contributed by atoms with Crippen LogP contribution in [0.5, 0.6) is 0 Å². The van der Waals surface area contributed by atoms with Gasteiger partial charge < -0.3 is 10.4 Å². The first-order chi connectivity index (χ1) is 8.61. The SMILES string of the molecule is CC(C)(CO)CNc1cccc(-n2cnnc2)c1. The fourth-order valence-electron chi connectivity index (χ4n) is 1.51. The molecule has 1 aromatic carbocycles. The van der Waals surface area contributed by atoms with Gasteiger partial charge in [0, 0.05) is 24.3 Å². The molecular weight excluding hydrogens is 228 g/mol. The van der Waals surface area contributed by atoms with E-state index in [1.807, 2.05) is 42.7 Å². The summed E-state index contributed by atoms with van der Waals surface area (Å²) in [4.78, 5) is 0. The molecular formula is C13H18N4O. The van der Waals surface area contributed by atoms with Crippen molar-refractivity contribution < 1.29 is 5.11 Å². The van der Waals surface area contributed by atoms with Crippen molar-refractivity contribution in [2.75, 3.05) is 18.5 Å². The van der Waals surface area contributed by atoms with E-state index in [4.69, 9.17) is 0 Å². The predicted molar refractivity (Wildman–Crippen MR) is 70.7 cm³/mol. The molecule has 2 rings (SSSR count). The number of benzene rings is 1. The monoisotopic (exact) mass is 246 g/mol. The summed E-state index contributed by atoms with van der Waals surface area (Å²) in [6.07, 6.45) is 3.33. The zero-order valence-electron chi connectivity index (χ0n) is 10.7. The Labute approximate surface area is 106 Å². The summed E-state index contributed by atoms with van der Waals surface area (Å²) < 4.78 is 1.85. The number of rotatable bonds is 5. The summed E-state index contributed by atoms with van der Waals surface area (Å²) in [5.41, 5.74) is 1.89. The molecule has 1 aromatic heterocycles. The van der Waals surface area contributed by atoms with E-state index in [1.54, 1.807) is 12.7 Å².